The zero-order valence-corrected chi connectivity index (χ0v) is 29.5. The third-order valence-corrected chi connectivity index (χ3v) is 12.4. The maximum Gasteiger partial charge on any atom is 0.246 e. The predicted molar refractivity (Wildman–Crippen MR) is 196 cm³/mol. The molecule has 6 unspecified atom stereocenters. The van der Waals surface area contributed by atoms with Gasteiger partial charge in [0.15, 0.2) is 0 Å². The summed E-state index contributed by atoms with van der Waals surface area (Å²) in [5, 5.41) is 11.3. The molecule has 10 heteroatoms. The molecule has 4 aromatic rings. The lowest BCUT2D eigenvalue weighted by Gasteiger charge is -2.51. The molecule has 5 aliphatic rings. The number of rotatable bonds is 4. The summed E-state index contributed by atoms with van der Waals surface area (Å²) in [5.41, 5.74) is 3.13. The van der Waals surface area contributed by atoms with Crippen LogP contribution >= 0.6 is 23.2 Å². The van der Waals surface area contributed by atoms with Gasteiger partial charge in [0, 0.05) is 27.9 Å². The Hall–Kier alpha value is -5.18. The molecule has 260 valence electrons. The number of halogens is 2. The summed E-state index contributed by atoms with van der Waals surface area (Å²) in [7, 11) is 0. The summed E-state index contributed by atoms with van der Waals surface area (Å²) >= 11 is 12.9. The van der Waals surface area contributed by atoms with Crippen LogP contribution in [0.25, 0.3) is 0 Å². The first kappa shape index (κ1) is 32.7. The van der Waals surface area contributed by atoms with E-state index in [1.807, 2.05) is 43.3 Å². The molecule has 2 saturated heterocycles. The van der Waals surface area contributed by atoms with Gasteiger partial charge in [-0.05, 0) is 90.9 Å². The normalized spacial score (nSPS) is 27.7. The van der Waals surface area contributed by atoms with Crippen molar-refractivity contribution in [1.82, 2.24) is 0 Å². The summed E-state index contributed by atoms with van der Waals surface area (Å²) in [5.74, 6) is -4.33. The molecule has 1 N–H and O–H groups in total. The number of ether oxygens (including phenoxy) is 1. The number of imide groups is 2. The summed E-state index contributed by atoms with van der Waals surface area (Å²) in [6.07, 6.45) is 4.46. The van der Waals surface area contributed by atoms with Crippen molar-refractivity contribution in [3.8, 4) is 11.5 Å². The first-order chi connectivity index (χ1) is 25.1. The molecule has 2 aliphatic carbocycles. The maximum absolute atomic E-state index is 15.4. The fraction of sp³-hybridized carbons (Fsp3) is 0.238. The van der Waals surface area contributed by atoms with Gasteiger partial charge < -0.3 is 9.84 Å². The summed E-state index contributed by atoms with van der Waals surface area (Å²) in [6, 6.07) is 26.1. The Morgan fingerprint density at radius 1 is 0.808 bits per heavy atom. The molecule has 3 heterocycles. The molecular formula is C42H32Cl2N2O6. The van der Waals surface area contributed by atoms with Crippen LogP contribution in [0.1, 0.15) is 29.5 Å². The lowest BCUT2D eigenvalue weighted by atomic mass is 9.48. The Balaban J connectivity index is 1.25. The van der Waals surface area contributed by atoms with Crippen molar-refractivity contribution in [2.75, 3.05) is 9.80 Å². The Kier molecular flexibility index (Phi) is 7.51. The number of hydrogen-bond acceptors (Lipinski definition) is 6. The van der Waals surface area contributed by atoms with Crippen molar-refractivity contribution < 1.29 is 29.0 Å². The number of carbonyl (C=O) groups excluding carboxylic acids is 4. The zero-order valence-electron chi connectivity index (χ0n) is 28.0. The average molecular weight is 732 g/mol. The van der Waals surface area contributed by atoms with Gasteiger partial charge in [-0.2, -0.15) is 0 Å². The number of hydrogen-bond donors (Lipinski definition) is 1. The number of phenolic OH excluding ortho intramolecular Hbond substituents is 1. The molecule has 3 aliphatic heterocycles. The van der Waals surface area contributed by atoms with E-state index < -0.39 is 46.8 Å². The standard InChI is InChI=1S/C42H32Cl2N2O6/c1-22-10-11-28(19-34(22)44)45-38(48)31-14-13-30-32(36(31)40(45)50)20-33-39(49)46(27-9-5-8-26(43)18-27)41(51)42(33,25-6-3-2-4-7-25)37(30)24-16-23-17-29(47)12-15-35(23)52-21-24/h2-13,15,17-19,21,31-33,36-37,47H,14,16,20H2,1H3. The molecule has 52 heavy (non-hydrogen) atoms. The molecule has 4 amide bonds. The van der Waals surface area contributed by atoms with Gasteiger partial charge in [-0.25, -0.2) is 9.80 Å². The number of fused-ring (bicyclic) bond motifs is 5. The molecule has 0 aromatic heterocycles. The summed E-state index contributed by atoms with van der Waals surface area (Å²) < 4.78 is 6.19. The Morgan fingerprint density at radius 2 is 1.60 bits per heavy atom. The molecule has 0 spiro atoms. The van der Waals surface area contributed by atoms with Gasteiger partial charge in [-0.1, -0.05) is 77.3 Å². The number of carbonyl (C=O) groups is 4. The van der Waals surface area contributed by atoms with Crippen LogP contribution in [-0.4, -0.2) is 28.7 Å². The van der Waals surface area contributed by atoms with Crippen molar-refractivity contribution in [3.63, 3.8) is 0 Å². The van der Waals surface area contributed by atoms with Crippen LogP contribution in [0.5, 0.6) is 11.5 Å². The minimum absolute atomic E-state index is 0.0751. The van der Waals surface area contributed by atoms with Gasteiger partial charge in [0.2, 0.25) is 23.6 Å². The van der Waals surface area contributed by atoms with Crippen molar-refractivity contribution in [2.24, 2.45) is 29.6 Å². The lowest BCUT2D eigenvalue weighted by molar-refractivity contribution is -0.128. The number of aromatic hydroxyl groups is 1. The van der Waals surface area contributed by atoms with E-state index >= 15 is 4.79 Å². The highest BCUT2D eigenvalue weighted by Crippen LogP contribution is 2.64. The van der Waals surface area contributed by atoms with E-state index in [4.69, 9.17) is 27.9 Å². The molecule has 0 bridgehead atoms. The minimum Gasteiger partial charge on any atom is -0.508 e. The summed E-state index contributed by atoms with van der Waals surface area (Å²) in [6.45, 7) is 1.85. The first-order valence-electron chi connectivity index (χ1n) is 17.3. The second-order valence-corrected chi connectivity index (χ2v) is 15.2. The second kappa shape index (κ2) is 11.9. The highest BCUT2D eigenvalue weighted by Gasteiger charge is 2.70. The molecule has 6 atom stereocenters. The SMILES string of the molecule is Cc1ccc(N2C(=O)C3CC=C4C(CC5C(=O)N(c6cccc(Cl)c6)C(=O)C5(c5ccccc5)C4C4=COc5ccc(O)cc5C4)C3C2=O)cc1Cl. The van der Waals surface area contributed by atoms with E-state index in [-0.39, 0.29) is 30.4 Å². The van der Waals surface area contributed by atoms with Gasteiger partial charge in [0.05, 0.1) is 40.8 Å². The predicted octanol–water partition coefficient (Wildman–Crippen LogP) is 7.73. The molecule has 9 rings (SSSR count). The number of phenols is 1. The van der Waals surface area contributed by atoms with Gasteiger partial charge in [-0.3, -0.25) is 19.2 Å². The van der Waals surface area contributed by atoms with Crippen LogP contribution in [-0.2, 0) is 31.0 Å². The van der Waals surface area contributed by atoms with E-state index in [9.17, 15) is 19.5 Å². The van der Waals surface area contributed by atoms with Crippen LogP contribution < -0.4 is 14.5 Å². The monoisotopic (exact) mass is 730 g/mol. The third kappa shape index (κ3) is 4.60. The number of nitrogens with zero attached hydrogens (tertiary/aromatic N) is 2. The second-order valence-electron chi connectivity index (χ2n) is 14.3. The smallest absolute Gasteiger partial charge is 0.246 e. The number of anilines is 2. The minimum atomic E-state index is -1.42. The molecule has 0 radical (unpaired) electrons. The van der Waals surface area contributed by atoms with E-state index in [2.05, 4.69) is 0 Å². The number of benzene rings is 4. The molecular weight excluding hydrogens is 699 g/mol. The third-order valence-electron chi connectivity index (χ3n) is 11.7. The van der Waals surface area contributed by atoms with E-state index in [0.717, 1.165) is 22.3 Å². The largest absolute Gasteiger partial charge is 0.508 e. The molecule has 3 fully saturated rings. The van der Waals surface area contributed by atoms with Gasteiger partial charge in [0.25, 0.3) is 0 Å². The van der Waals surface area contributed by atoms with Crippen molar-refractivity contribution in [3.05, 3.63) is 141 Å². The quantitative estimate of drug-likeness (QED) is 0.170. The Morgan fingerprint density at radius 3 is 2.37 bits per heavy atom. The molecule has 1 saturated carbocycles. The fourth-order valence-corrected chi connectivity index (χ4v) is 9.89. The number of amides is 4. The average Bonchev–Trinajstić information content (AvgIpc) is 3.53. The fourth-order valence-electron chi connectivity index (χ4n) is 9.54. The van der Waals surface area contributed by atoms with Gasteiger partial charge in [0.1, 0.15) is 11.5 Å². The number of allylic oxidation sites excluding steroid dienone is 3. The highest BCUT2D eigenvalue weighted by atomic mass is 35.5. The highest BCUT2D eigenvalue weighted by molar-refractivity contribution is 6.33. The molecule has 4 aromatic carbocycles. The zero-order chi connectivity index (χ0) is 36.1. The van der Waals surface area contributed by atoms with Crippen LogP contribution in [0, 0.1) is 36.5 Å². The first-order valence-corrected chi connectivity index (χ1v) is 18.1. The van der Waals surface area contributed by atoms with Crippen molar-refractivity contribution in [1.29, 1.82) is 0 Å². The summed E-state index contributed by atoms with van der Waals surface area (Å²) in [4.78, 5) is 61.6. The van der Waals surface area contributed by atoms with Crippen LogP contribution in [0.2, 0.25) is 10.0 Å². The van der Waals surface area contributed by atoms with Gasteiger partial charge in [-0.15, -0.1) is 0 Å². The van der Waals surface area contributed by atoms with Crippen molar-refractivity contribution >= 4 is 58.2 Å². The Labute approximate surface area is 309 Å². The van der Waals surface area contributed by atoms with Crippen LogP contribution in [0.15, 0.2) is 114 Å². The Bertz CT molecular complexity index is 2300. The van der Waals surface area contributed by atoms with Crippen molar-refractivity contribution in [2.45, 2.75) is 31.6 Å². The van der Waals surface area contributed by atoms with Crippen LogP contribution in [0.3, 0.4) is 0 Å². The lowest BCUT2D eigenvalue weighted by Crippen LogP contribution is -2.55. The van der Waals surface area contributed by atoms with Crippen LogP contribution in [0.4, 0.5) is 11.4 Å². The van der Waals surface area contributed by atoms with Gasteiger partial charge >= 0.3 is 0 Å². The van der Waals surface area contributed by atoms with E-state index in [1.165, 1.54) is 9.80 Å². The maximum atomic E-state index is 15.4. The number of aryl methyl sites for hydroxylation is 1. The molecule has 8 nitrogen and oxygen atoms in total. The van der Waals surface area contributed by atoms with E-state index in [0.29, 0.717) is 39.2 Å². The van der Waals surface area contributed by atoms with E-state index in [1.54, 1.807) is 66.9 Å². The topological polar surface area (TPSA) is 104 Å².